The Morgan fingerprint density at radius 3 is 2.13 bits per heavy atom. The molecule has 0 aromatic rings. The molecule has 0 aromatic carbocycles. The molecule has 0 bridgehead atoms. The largest absolute Gasteiger partial charge is 0.0808 e. The van der Waals surface area contributed by atoms with E-state index in [4.69, 9.17) is 0 Å². The monoisotopic (exact) mass is 529 g/mol. The van der Waals surface area contributed by atoms with Crippen molar-refractivity contribution in [2.75, 3.05) is 0 Å². The minimum atomic E-state index is 0.563. The van der Waals surface area contributed by atoms with Crippen LogP contribution in [0.1, 0.15) is 167 Å². The van der Waals surface area contributed by atoms with Gasteiger partial charge >= 0.3 is 0 Å². The highest BCUT2D eigenvalue weighted by Gasteiger charge is 2.58. The van der Waals surface area contributed by atoms with Crippen LogP contribution in [0, 0.1) is 64.1 Å². The van der Waals surface area contributed by atoms with Crippen LogP contribution < -0.4 is 0 Å². The van der Waals surface area contributed by atoms with E-state index in [-0.39, 0.29) is 0 Å². The summed E-state index contributed by atoms with van der Waals surface area (Å²) >= 11 is 0. The fourth-order valence-corrected chi connectivity index (χ4v) is 10.3. The van der Waals surface area contributed by atoms with Crippen molar-refractivity contribution >= 4 is 0 Å². The topological polar surface area (TPSA) is 0 Å². The van der Waals surface area contributed by atoms with Gasteiger partial charge in [0.2, 0.25) is 0 Å². The van der Waals surface area contributed by atoms with Gasteiger partial charge < -0.3 is 0 Å². The molecule has 5 aliphatic rings. The van der Waals surface area contributed by atoms with Gasteiger partial charge in [-0.1, -0.05) is 120 Å². The van der Waals surface area contributed by atoms with Crippen LogP contribution in [0.15, 0.2) is 11.6 Å². The molecule has 4 fully saturated rings. The average Bonchev–Trinajstić information content (AvgIpc) is 3.23. The number of hydrogen-bond acceptors (Lipinski definition) is 0. The van der Waals surface area contributed by atoms with Gasteiger partial charge in [0.15, 0.2) is 0 Å². The standard InChI is InChI=1S/C32H54.3C2H6/c1-7-22(12-11-21(2)3)27-19-29-28(18-24-10-8-9-16-32(24,29)6)26-14-13-23-20-31(4,5)17-15-25(23)30(26)27;3*1-2/h19,21-28,30H,7-18,20H2,1-6H3;3*1-2H3. The van der Waals surface area contributed by atoms with Crippen LogP contribution in [0.5, 0.6) is 0 Å². The van der Waals surface area contributed by atoms with Crippen molar-refractivity contribution in [1.29, 1.82) is 0 Å². The molecule has 0 spiro atoms. The van der Waals surface area contributed by atoms with Gasteiger partial charge in [-0.15, -0.1) is 0 Å². The smallest absolute Gasteiger partial charge is 0.00849 e. The molecule has 9 unspecified atom stereocenters. The highest BCUT2D eigenvalue weighted by atomic mass is 14.6. The van der Waals surface area contributed by atoms with Gasteiger partial charge in [-0.3, -0.25) is 0 Å². The minimum absolute atomic E-state index is 0.563. The maximum Gasteiger partial charge on any atom is -0.00849 e. The van der Waals surface area contributed by atoms with Crippen LogP contribution in [-0.4, -0.2) is 0 Å². The molecule has 0 aliphatic heterocycles. The summed E-state index contributed by atoms with van der Waals surface area (Å²) < 4.78 is 0. The zero-order valence-corrected chi connectivity index (χ0v) is 28.5. The third kappa shape index (κ3) is 6.96. The van der Waals surface area contributed by atoms with Gasteiger partial charge in [0.05, 0.1) is 0 Å². The molecule has 0 heterocycles. The normalized spacial score (nSPS) is 39.2. The molecule has 0 N–H and O–H groups in total. The van der Waals surface area contributed by atoms with Crippen LogP contribution in [0.25, 0.3) is 0 Å². The lowest BCUT2D eigenvalue weighted by atomic mass is 9.48. The predicted octanol–water partition coefficient (Wildman–Crippen LogP) is 12.8. The molecular formula is C38H72. The second kappa shape index (κ2) is 15.1. The van der Waals surface area contributed by atoms with Crippen molar-refractivity contribution in [2.45, 2.75) is 167 Å². The molecule has 0 radical (unpaired) electrons. The van der Waals surface area contributed by atoms with E-state index in [0.717, 1.165) is 53.3 Å². The van der Waals surface area contributed by atoms with Crippen LogP contribution in [0.2, 0.25) is 0 Å². The zero-order chi connectivity index (χ0) is 28.7. The van der Waals surface area contributed by atoms with Gasteiger partial charge in [0.1, 0.15) is 0 Å². The summed E-state index contributed by atoms with van der Waals surface area (Å²) in [7, 11) is 0. The van der Waals surface area contributed by atoms with E-state index in [9.17, 15) is 0 Å². The predicted molar refractivity (Wildman–Crippen MR) is 172 cm³/mol. The van der Waals surface area contributed by atoms with Gasteiger partial charge in [-0.05, 0) is 122 Å². The van der Waals surface area contributed by atoms with E-state index in [0.29, 0.717) is 10.8 Å². The Bertz CT molecular complexity index is 697. The molecule has 0 amide bonds. The summed E-state index contributed by atoms with van der Waals surface area (Å²) in [4.78, 5) is 0. The molecule has 0 saturated heterocycles. The van der Waals surface area contributed by atoms with E-state index in [1.165, 1.54) is 64.2 Å². The van der Waals surface area contributed by atoms with Crippen LogP contribution >= 0.6 is 0 Å². The van der Waals surface area contributed by atoms with E-state index in [2.05, 4.69) is 47.6 Å². The Morgan fingerprint density at radius 2 is 1.50 bits per heavy atom. The van der Waals surface area contributed by atoms with Crippen molar-refractivity contribution in [2.24, 2.45) is 64.1 Å². The fraction of sp³-hybridized carbons (Fsp3) is 0.947. The molecule has 5 aliphatic carbocycles. The van der Waals surface area contributed by atoms with Crippen molar-refractivity contribution in [3.05, 3.63) is 11.6 Å². The Hall–Kier alpha value is -0.260. The Morgan fingerprint density at radius 1 is 0.816 bits per heavy atom. The van der Waals surface area contributed by atoms with Crippen molar-refractivity contribution in [3.8, 4) is 0 Å². The van der Waals surface area contributed by atoms with Gasteiger partial charge in [-0.25, -0.2) is 0 Å². The highest BCUT2D eigenvalue weighted by molar-refractivity contribution is 5.31. The van der Waals surface area contributed by atoms with Gasteiger partial charge in [0.25, 0.3) is 0 Å². The molecule has 0 heteroatoms. The number of hydrogen-bond donors (Lipinski definition) is 0. The minimum Gasteiger partial charge on any atom is -0.0808 e. The molecule has 0 nitrogen and oxygen atoms in total. The average molecular weight is 529 g/mol. The van der Waals surface area contributed by atoms with E-state index in [1.807, 2.05) is 47.1 Å². The summed E-state index contributed by atoms with van der Waals surface area (Å²) in [5, 5.41) is 0. The number of allylic oxidation sites excluding steroid dienone is 2. The first-order valence-corrected chi connectivity index (χ1v) is 18.0. The molecule has 9 atom stereocenters. The van der Waals surface area contributed by atoms with E-state index in [1.54, 1.807) is 19.3 Å². The van der Waals surface area contributed by atoms with Gasteiger partial charge in [0, 0.05) is 0 Å². The summed E-state index contributed by atoms with van der Waals surface area (Å²) in [6.45, 7) is 27.2. The molecule has 4 saturated carbocycles. The lowest BCUT2D eigenvalue weighted by molar-refractivity contribution is -0.0418. The van der Waals surface area contributed by atoms with Crippen molar-refractivity contribution in [1.82, 2.24) is 0 Å². The molecule has 38 heavy (non-hydrogen) atoms. The van der Waals surface area contributed by atoms with Crippen molar-refractivity contribution < 1.29 is 0 Å². The molecule has 0 aromatic heterocycles. The van der Waals surface area contributed by atoms with E-state index >= 15 is 0 Å². The summed E-state index contributed by atoms with van der Waals surface area (Å²) in [5.41, 5.74) is 3.16. The van der Waals surface area contributed by atoms with Crippen molar-refractivity contribution in [3.63, 3.8) is 0 Å². The summed E-state index contributed by atoms with van der Waals surface area (Å²) in [6.07, 6.45) is 22.5. The first-order valence-electron chi connectivity index (χ1n) is 18.0. The fourth-order valence-electron chi connectivity index (χ4n) is 10.3. The van der Waals surface area contributed by atoms with E-state index < -0.39 is 0 Å². The van der Waals surface area contributed by atoms with Crippen LogP contribution in [0.3, 0.4) is 0 Å². The lowest BCUT2D eigenvalue weighted by Crippen LogP contribution is -2.49. The van der Waals surface area contributed by atoms with Gasteiger partial charge in [-0.2, -0.15) is 0 Å². The molecule has 5 rings (SSSR count). The highest BCUT2D eigenvalue weighted by Crippen LogP contribution is 2.67. The third-order valence-corrected chi connectivity index (χ3v) is 11.9. The number of rotatable bonds is 5. The second-order valence-corrected chi connectivity index (χ2v) is 14.7. The lowest BCUT2D eigenvalue weighted by Gasteiger charge is -2.57. The van der Waals surface area contributed by atoms with Crippen LogP contribution in [0.4, 0.5) is 0 Å². The third-order valence-electron chi connectivity index (χ3n) is 11.9. The Balaban J connectivity index is 0.000000791. The Kier molecular flexibility index (Phi) is 13.5. The van der Waals surface area contributed by atoms with Crippen LogP contribution in [-0.2, 0) is 0 Å². The molecular weight excluding hydrogens is 456 g/mol. The summed E-state index contributed by atoms with van der Waals surface area (Å²) in [6, 6.07) is 0. The quantitative estimate of drug-likeness (QED) is 0.311. The summed E-state index contributed by atoms with van der Waals surface area (Å²) in [5.74, 6) is 8.74. The zero-order valence-electron chi connectivity index (χ0n) is 28.5. The second-order valence-electron chi connectivity index (χ2n) is 14.7. The number of fused-ring (bicyclic) bond motifs is 7. The maximum atomic E-state index is 3.02. The Labute approximate surface area is 242 Å². The molecule has 224 valence electrons. The maximum absolute atomic E-state index is 3.02. The SMILES string of the molecule is CC.CC.CC.CCC(CCC(C)C)C1C=C2C(CC3CCCCC23C)C2CCC3CC(C)(C)CCC3C12. The first-order chi connectivity index (χ1) is 18.2. The first kappa shape index (κ1) is 33.9.